The standard InChI is InChI=1S/C28H16Cl4N2O2/c29-21-13-23(31)27(35)25-19(21)11-9-17(33-25)7-5-15-1-2-16(4-3-15)6-8-18-10-12-20-22(30)14-24(32)28(36)26(20)34-18/h1-14,35-36H/b7-5+,8-6+. The lowest BCUT2D eigenvalue weighted by atomic mass is 10.1. The zero-order valence-corrected chi connectivity index (χ0v) is 21.4. The molecule has 0 saturated heterocycles. The Labute approximate surface area is 226 Å². The van der Waals surface area contributed by atoms with Gasteiger partial charge in [0.25, 0.3) is 0 Å². The van der Waals surface area contributed by atoms with Crippen LogP contribution >= 0.6 is 46.4 Å². The number of aromatic hydroxyl groups is 2. The van der Waals surface area contributed by atoms with Crippen LogP contribution in [-0.2, 0) is 0 Å². The average Bonchev–Trinajstić information content (AvgIpc) is 2.88. The van der Waals surface area contributed by atoms with Crippen molar-refractivity contribution >= 4 is 92.5 Å². The van der Waals surface area contributed by atoms with E-state index in [1.165, 1.54) is 12.1 Å². The molecule has 0 spiro atoms. The van der Waals surface area contributed by atoms with Gasteiger partial charge < -0.3 is 10.2 Å². The molecule has 0 aliphatic heterocycles. The van der Waals surface area contributed by atoms with E-state index in [4.69, 9.17) is 46.4 Å². The third-order valence-electron chi connectivity index (χ3n) is 5.59. The van der Waals surface area contributed by atoms with E-state index in [2.05, 4.69) is 9.97 Å². The minimum Gasteiger partial charge on any atom is -0.504 e. The second-order valence-corrected chi connectivity index (χ2v) is 9.60. The van der Waals surface area contributed by atoms with Crippen LogP contribution < -0.4 is 0 Å². The molecule has 0 saturated carbocycles. The number of benzene rings is 3. The number of hydrogen-bond acceptors (Lipinski definition) is 4. The molecular formula is C28H16Cl4N2O2. The molecule has 4 nitrogen and oxygen atoms in total. The molecule has 0 radical (unpaired) electrons. The van der Waals surface area contributed by atoms with Gasteiger partial charge in [-0.05, 0) is 59.7 Å². The van der Waals surface area contributed by atoms with Crippen LogP contribution in [0.25, 0.3) is 46.1 Å². The van der Waals surface area contributed by atoms with Gasteiger partial charge in [0, 0.05) is 10.8 Å². The minimum atomic E-state index is -0.0928. The summed E-state index contributed by atoms with van der Waals surface area (Å²) in [6.45, 7) is 0. The smallest absolute Gasteiger partial charge is 0.160 e. The van der Waals surface area contributed by atoms with E-state index < -0.39 is 0 Å². The highest BCUT2D eigenvalue weighted by atomic mass is 35.5. The van der Waals surface area contributed by atoms with Crippen LogP contribution in [0.2, 0.25) is 20.1 Å². The van der Waals surface area contributed by atoms with Crippen molar-refractivity contribution in [1.82, 2.24) is 9.97 Å². The Hall–Kier alpha value is -3.28. The second-order valence-electron chi connectivity index (χ2n) is 7.98. The van der Waals surface area contributed by atoms with Crippen LogP contribution in [0, 0.1) is 0 Å². The molecular weight excluding hydrogens is 538 g/mol. The first-order chi connectivity index (χ1) is 17.3. The zero-order valence-electron chi connectivity index (χ0n) is 18.4. The van der Waals surface area contributed by atoms with Crippen LogP contribution in [0.15, 0.2) is 60.7 Å². The molecule has 0 amide bonds. The number of rotatable bonds is 4. The largest absolute Gasteiger partial charge is 0.504 e. The number of pyridine rings is 2. The number of fused-ring (bicyclic) bond motifs is 2. The number of hydrogen-bond donors (Lipinski definition) is 2. The van der Waals surface area contributed by atoms with Gasteiger partial charge in [0.1, 0.15) is 11.0 Å². The lowest BCUT2D eigenvalue weighted by Crippen LogP contribution is -1.86. The van der Waals surface area contributed by atoms with Crippen LogP contribution in [0.4, 0.5) is 0 Å². The average molecular weight is 554 g/mol. The Morgan fingerprint density at radius 1 is 0.500 bits per heavy atom. The summed E-state index contributed by atoms with van der Waals surface area (Å²) in [7, 11) is 0. The molecule has 8 heteroatoms. The Balaban J connectivity index is 1.34. The molecule has 2 aromatic heterocycles. The fraction of sp³-hybridized carbons (Fsp3) is 0. The second kappa shape index (κ2) is 10.00. The highest BCUT2D eigenvalue weighted by Crippen LogP contribution is 2.37. The van der Waals surface area contributed by atoms with E-state index in [0.717, 1.165) is 11.1 Å². The molecule has 2 heterocycles. The minimum absolute atomic E-state index is 0.0928. The van der Waals surface area contributed by atoms with Gasteiger partial charge in [-0.25, -0.2) is 9.97 Å². The van der Waals surface area contributed by atoms with E-state index in [1.807, 2.05) is 60.7 Å². The number of halogens is 4. The zero-order chi connectivity index (χ0) is 25.4. The summed E-state index contributed by atoms with van der Waals surface area (Å²) >= 11 is 24.4. The summed E-state index contributed by atoms with van der Waals surface area (Å²) in [5.41, 5.74) is 3.98. The molecule has 0 bridgehead atoms. The van der Waals surface area contributed by atoms with E-state index in [9.17, 15) is 10.2 Å². The highest BCUT2D eigenvalue weighted by Gasteiger charge is 2.12. The molecule has 0 atom stereocenters. The van der Waals surface area contributed by atoms with Crippen LogP contribution in [0.3, 0.4) is 0 Å². The molecule has 5 rings (SSSR count). The summed E-state index contributed by atoms with van der Waals surface area (Å²) in [4.78, 5) is 8.94. The van der Waals surface area contributed by atoms with Crippen molar-refractivity contribution in [2.45, 2.75) is 0 Å². The van der Waals surface area contributed by atoms with E-state index in [-0.39, 0.29) is 21.5 Å². The monoisotopic (exact) mass is 552 g/mol. The normalized spacial score (nSPS) is 11.9. The van der Waals surface area contributed by atoms with E-state index in [1.54, 1.807) is 12.1 Å². The predicted octanol–water partition coefficient (Wildman–Crippen LogP) is 9.15. The molecule has 0 unspecified atom stereocenters. The molecule has 36 heavy (non-hydrogen) atoms. The molecule has 0 aliphatic carbocycles. The van der Waals surface area contributed by atoms with E-state index in [0.29, 0.717) is 43.2 Å². The SMILES string of the molecule is Oc1c(Cl)cc(Cl)c2ccc(/C=C/c3ccc(/C=C/c4ccc5c(Cl)cc(Cl)c(O)c5n4)cc3)nc12. The van der Waals surface area contributed by atoms with Crippen molar-refractivity contribution < 1.29 is 10.2 Å². The van der Waals surface area contributed by atoms with Gasteiger partial charge in [-0.2, -0.15) is 0 Å². The summed E-state index contributed by atoms with van der Waals surface area (Å²) in [5, 5.41) is 22.9. The van der Waals surface area contributed by atoms with Gasteiger partial charge in [0.2, 0.25) is 0 Å². The predicted molar refractivity (Wildman–Crippen MR) is 151 cm³/mol. The van der Waals surface area contributed by atoms with Gasteiger partial charge in [0.05, 0.1) is 31.5 Å². The summed E-state index contributed by atoms with van der Waals surface area (Å²) in [6, 6.07) is 18.1. The lowest BCUT2D eigenvalue weighted by molar-refractivity contribution is 0.480. The van der Waals surface area contributed by atoms with Crippen molar-refractivity contribution in [1.29, 1.82) is 0 Å². The number of phenols is 2. The van der Waals surface area contributed by atoms with Crippen molar-refractivity contribution in [3.8, 4) is 11.5 Å². The van der Waals surface area contributed by atoms with Crippen molar-refractivity contribution in [3.05, 3.63) is 103 Å². The first-order valence-electron chi connectivity index (χ1n) is 10.7. The summed E-state index contributed by atoms with van der Waals surface area (Å²) in [6.07, 6.45) is 7.54. The summed E-state index contributed by atoms with van der Waals surface area (Å²) in [5.74, 6) is -0.186. The van der Waals surface area contributed by atoms with Gasteiger partial charge in [0.15, 0.2) is 11.5 Å². The first kappa shape index (κ1) is 24.4. The maximum atomic E-state index is 10.2. The summed E-state index contributed by atoms with van der Waals surface area (Å²) < 4.78 is 0. The molecule has 0 fully saturated rings. The van der Waals surface area contributed by atoms with Gasteiger partial charge in [-0.15, -0.1) is 0 Å². The lowest BCUT2D eigenvalue weighted by Gasteiger charge is -2.06. The Morgan fingerprint density at radius 2 is 0.889 bits per heavy atom. The fourth-order valence-corrected chi connectivity index (χ4v) is 4.74. The topological polar surface area (TPSA) is 66.2 Å². The van der Waals surface area contributed by atoms with Gasteiger partial charge in [-0.1, -0.05) is 82.8 Å². The third-order valence-corrected chi connectivity index (χ3v) is 6.79. The third kappa shape index (κ3) is 4.86. The Kier molecular flexibility index (Phi) is 6.78. The van der Waals surface area contributed by atoms with E-state index >= 15 is 0 Å². The Bertz CT molecular complexity index is 1570. The first-order valence-corrected chi connectivity index (χ1v) is 12.2. The number of aromatic nitrogens is 2. The highest BCUT2D eigenvalue weighted by molar-refractivity contribution is 6.40. The fourth-order valence-electron chi connectivity index (χ4n) is 3.70. The number of phenolic OH excluding ortho intramolecular Hbond substituents is 2. The van der Waals surface area contributed by atoms with Crippen LogP contribution in [0.5, 0.6) is 11.5 Å². The van der Waals surface area contributed by atoms with Crippen LogP contribution in [-0.4, -0.2) is 20.2 Å². The van der Waals surface area contributed by atoms with Crippen molar-refractivity contribution in [3.63, 3.8) is 0 Å². The van der Waals surface area contributed by atoms with Gasteiger partial charge in [-0.3, -0.25) is 0 Å². The van der Waals surface area contributed by atoms with Crippen molar-refractivity contribution in [2.75, 3.05) is 0 Å². The molecule has 5 aromatic rings. The quantitative estimate of drug-likeness (QED) is 0.233. The van der Waals surface area contributed by atoms with Crippen LogP contribution in [0.1, 0.15) is 22.5 Å². The number of nitrogens with zero attached hydrogens (tertiary/aromatic N) is 2. The molecule has 0 aliphatic rings. The molecule has 3 aromatic carbocycles. The molecule has 2 N–H and O–H groups in total. The maximum absolute atomic E-state index is 10.2. The van der Waals surface area contributed by atoms with Gasteiger partial charge >= 0.3 is 0 Å². The van der Waals surface area contributed by atoms with Crippen molar-refractivity contribution in [2.24, 2.45) is 0 Å². The maximum Gasteiger partial charge on any atom is 0.160 e. The Morgan fingerprint density at radius 3 is 1.28 bits per heavy atom. The molecule has 178 valence electrons.